The highest BCUT2D eigenvalue weighted by Crippen LogP contribution is 2.39. The Hall–Kier alpha value is -6.23. The fraction of sp³-hybridized carbons (Fsp3) is 0.0526. The normalized spacial score (nSPS) is 10.7. The number of carboxylic acids is 2. The lowest BCUT2D eigenvalue weighted by molar-refractivity contribution is 0.0688. The Kier molecular flexibility index (Phi) is 11.9. The number of carbonyl (C=O) groups excluding carboxylic acids is 2. The smallest absolute Gasteiger partial charge is 0.339 e. The number of phenolic OH excluding ortho intramolecular Hbond substituents is 2. The molecular weight excluding hydrogens is 788 g/mol. The highest BCUT2D eigenvalue weighted by molar-refractivity contribution is 7.15. The van der Waals surface area contributed by atoms with E-state index in [1.807, 2.05) is 0 Å². The van der Waals surface area contributed by atoms with Gasteiger partial charge >= 0.3 is 11.9 Å². The minimum atomic E-state index is -1.60. The third kappa shape index (κ3) is 8.46. The van der Waals surface area contributed by atoms with Crippen molar-refractivity contribution in [3.63, 3.8) is 0 Å². The van der Waals surface area contributed by atoms with E-state index < -0.39 is 64.1 Å². The van der Waals surface area contributed by atoms with Crippen molar-refractivity contribution in [3.8, 4) is 33.8 Å². The molecule has 0 spiro atoms. The SMILES string of the molecule is Cc1ccc(-c2csc(NC(=O)c3ccc(F)c(F)c3O)c2C(=O)O)c(F)c1.Cc1ccc(C(=O)Nc2scc(-c3ccc(Cl)cc3)c2C(=O)O)c(O)c1F. The minimum absolute atomic E-state index is 0.0374. The van der Waals surface area contributed by atoms with Crippen molar-refractivity contribution >= 4 is 68.0 Å². The molecule has 0 aliphatic rings. The van der Waals surface area contributed by atoms with Crippen LogP contribution in [-0.2, 0) is 0 Å². The molecule has 2 heterocycles. The number of halogens is 5. The Bertz CT molecular complexity index is 2500. The molecular formula is C38H25ClF4N2O8S2. The number of amides is 2. The maximum atomic E-state index is 14.3. The summed E-state index contributed by atoms with van der Waals surface area (Å²) < 4.78 is 54.7. The number of hydrogen-bond acceptors (Lipinski definition) is 8. The van der Waals surface area contributed by atoms with Crippen LogP contribution in [0, 0.1) is 37.1 Å². The van der Waals surface area contributed by atoms with Crippen LogP contribution in [-0.4, -0.2) is 44.2 Å². The van der Waals surface area contributed by atoms with Gasteiger partial charge in [0.1, 0.15) is 26.9 Å². The summed E-state index contributed by atoms with van der Waals surface area (Å²) in [6, 6.07) is 15.0. The zero-order chi connectivity index (χ0) is 40.3. The lowest BCUT2D eigenvalue weighted by Gasteiger charge is -2.09. The van der Waals surface area contributed by atoms with Gasteiger partial charge in [0.05, 0.1) is 11.1 Å². The zero-order valence-electron chi connectivity index (χ0n) is 28.1. The van der Waals surface area contributed by atoms with E-state index in [1.54, 1.807) is 42.6 Å². The molecule has 0 bridgehead atoms. The van der Waals surface area contributed by atoms with Crippen LogP contribution in [0.4, 0.5) is 27.6 Å². The fourth-order valence-corrected chi connectivity index (χ4v) is 7.15. The second kappa shape index (κ2) is 16.4. The van der Waals surface area contributed by atoms with E-state index in [-0.39, 0.29) is 43.4 Å². The monoisotopic (exact) mass is 812 g/mol. The van der Waals surface area contributed by atoms with Crippen LogP contribution in [0.3, 0.4) is 0 Å². The molecule has 6 rings (SSSR count). The van der Waals surface area contributed by atoms with Crippen molar-refractivity contribution in [1.29, 1.82) is 0 Å². The van der Waals surface area contributed by atoms with Crippen LogP contribution in [0.1, 0.15) is 52.6 Å². The van der Waals surface area contributed by atoms with Crippen molar-refractivity contribution in [2.75, 3.05) is 10.6 Å². The van der Waals surface area contributed by atoms with E-state index in [0.29, 0.717) is 27.8 Å². The standard InChI is InChI=1S/C19H13ClFNO4S.C19H12F3NO4S/c1-9-2-7-12(16(23)15(9)21)17(24)22-18-14(19(25)26)13(8-27-18)10-3-5-11(20)6-4-10;1-8-2-3-9(13(21)6-8)11-7-28-18(14(11)19(26)27)23-17(25)10-4-5-12(20)15(22)16(10)24/h2-8,23H,1H3,(H,22,24)(H,25,26);2-7,24H,1H3,(H,23,25)(H,26,27). The van der Waals surface area contributed by atoms with Crippen molar-refractivity contribution < 1.29 is 57.2 Å². The van der Waals surface area contributed by atoms with Gasteiger partial charge in [0.15, 0.2) is 23.1 Å². The summed E-state index contributed by atoms with van der Waals surface area (Å²) in [7, 11) is 0. The minimum Gasteiger partial charge on any atom is -0.504 e. The molecule has 0 unspecified atom stereocenters. The number of phenols is 2. The Morgan fingerprint density at radius 2 is 1.13 bits per heavy atom. The number of anilines is 2. The van der Waals surface area contributed by atoms with Gasteiger partial charge in [-0.05, 0) is 66.9 Å². The number of carboxylic acid groups (broad SMARTS) is 2. The van der Waals surface area contributed by atoms with E-state index in [4.69, 9.17) is 11.6 Å². The Morgan fingerprint density at radius 1 is 0.618 bits per heavy atom. The number of aryl methyl sites for hydroxylation is 2. The summed E-state index contributed by atoms with van der Waals surface area (Å²) >= 11 is 7.70. The Labute approximate surface area is 321 Å². The number of thiophene rings is 2. The number of rotatable bonds is 8. The fourth-order valence-electron chi connectivity index (χ4n) is 5.12. The number of nitrogens with one attached hydrogen (secondary N) is 2. The Balaban J connectivity index is 0.000000211. The van der Waals surface area contributed by atoms with E-state index in [1.165, 1.54) is 36.6 Å². The van der Waals surface area contributed by atoms with Gasteiger partial charge in [0.25, 0.3) is 11.8 Å². The first-order valence-electron chi connectivity index (χ1n) is 15.5. The van der Waals surface area contributed by atoms with Crippen molar-refractivity contribution in [3.05, 3.63) is 139 Å². The number of hydrogen-bond donors (Lipinski definition) is 6. The van der Waals surface area contributed by atoms with Gasteiger partial charge < -0.3 is 31.1 Å². The molecule has 282 valence electrons. The maximum absolute atomic E-state index is 14.3. The van der Waals surface area contributed by atoms with Crippen LogP contribution in [0.25, 0.3) is 22.3 Å². The van der Waals surface area contributed by atoms with E-state index in [9.17, 15) is 57.2 Å². The van der Waals surface area contributed by atoms with Gasteiger partial charge in [0, 0.05) is 32.5 Å². The summed E-state index contributed by atoms with van der Waals surface area (Å²) in [6.07, 6.45) is 0. The second-order valence-electron chi connectivity index (χ2n) is 11.6. The van der Waals surface area contributed by atoms with Crippen molar-refractivity contribution in [2.45, 2.75) is 13.8 Å². The van der Waals surface area contributed by atoms with Crippen molar-refractivity contribution in [1.82, 2.24) is 0 Å². The third-order valence-electron chi connectivity index (χ3n) is 7.90. The predicted octanol–water partition coefficient (Wildman–Crippen LogP) is 9.97. The lowest BCUT2D eigenvalue weighted by atomic mass is 10.0. The van der Waals surface area contributed by atoms with Gasteiger partial charge in [-0.15, -0.1) is 22.7 Å². The first kappa shape index (κ1) is 40.0. The van der Waals surface area contributed by atoms with Gasteiger partial charge in [-0.2, -0.15) is 4.39 Å². The highest BCUT2D eigenvalue weighted by atomic mass is 35.5. The summed E-state index contributed by atoms with van der Waals surface area (Å²) in [6.45, 7) is 3.13. The number of carbonyl (C=O) groups is 4. The zero-order valence-corrected chi connectivity index (χ0v) is 30.5. The topological polar surface area (TPSA) is 173 Å². The molecule has 2 amide bonds. The van der Waals surface area contributed by atoms with E-state index >= 15 is 0 Å². The van der Waals surface area contributed by atoms with Gasteiger partial charge in [-0.25, -0.2) is 22.8 Å². The quantitative estimate of drug-likeness (QED) is 0.0824. The molecule has 0 aliphatic heterocycles. The first-order chi connectivity index (χ1) is 26.0. The molecule has 0 atom stereocenters. The molecule has 6 N–H and O–H groups in total. The van der Waals surface area contributed by atoms with E-state index in [2.05, 4.69) is 10.6 Å². The molecule has 0 radical (unpaired) electrons. The van der Waals surface area contributed by atoms with Gasteiger partial charge in [-0.1, -0.05) is 41.9 Å². The average Bonchev–Trinajstić information content (AvgIpc) is 3.74. The molecule has 4 aromatic carbocycles. The molecule has 55 heavy (non-hydrogen) atoms. The number of benzene rings is 4. The summed E-state index contributed by atoms with van der Waals surface area (Å²) in [5.41, 5.74) is 0.660. The highest BCUT2D eigenvalue weighted by Gasteiger charge is 2.26. The van der Waals surface area contributed by atoms with Crippen molar-refractivity contribution in [2.24, 2.45) is 0 Å². The molecule has 17 heteroatoms. The number of aromatic hydroxyl groups is 2. The van der Waals surface area contributed by atoms with Gasteiger partial charge in [0.2, 0.25) is 5.82 Å². The molecule has 2 aromatic heterocycles. The Morgan fingerprint density at radius 3 is 1.67 bits per heavy atom. The molecule has 0 fully saturated rings. The summed E-state index contributed by atoms with van der Waals surface area (Å²) in [5, 5.41) is 46.7. The summed E-state index contributed by atoms with van der Waals surface area (Å²) in [4.78, 5) is 48.2. The molecule has 0 aliphatic carbocycles. The van der Waals surface area contributed by atoms with Crippen LogP contribution in [0.15, 0.2) is 77.5 Å². The largest absolute Gasteiger partial charge is 0.504 e. The van der Waals surface area contributed by atoms with E-state index in [0.717, 1.165) is 28.7 Å². The average molecular weight is 813 g/mol. The second-order valence-corrected chi connectivity index (χ2v) is 13.8. The van der Waals surface area contributed by atoms with Crippen LogP contribution >= 0.6 is 34.3 Å². The molecule has 10 nitrogen and oxygen atoms in total. The molecule has 0 saturated heterocycles. The third-order valence-corrected chi connectivity index (χ3v) is 9.94. The predicted molar refractivity (Wildman–Crippen MR) is 200 cm³/mol. The van der Waals surface area contributed by atoms with Crippen LogP contribution < -0.4 is 10.6 Å². The lowest BCUT2D eigenvalue weighted by Crippen LogP contribution is -2.14. The number of aromatic carboxylic acids is 2. The summed E-state index contributed by atoms with van der Waals surface area (Å²) in [5.74, 6) is -10.9. The van der Waals surface area contributed by atoms with Crippen LogP contribution in [0.2, 0.25) is 5.02 Å². The molecule has 6 aromatic rings. The van der Waals surface area contributed by atoms with Gasteiger partial charge in [-0.3, -0.25) is 9.59 Å². The molecule has 0 saturated carbocycles. The van der Waals surface area contributed by atoms with Crippen LogP contribution in [0.5, 0.6) is 11.5 Å². The maximum Gasteiger partial charge on any atom is 0.339 e. The first-order valence-corrected chi connectivity index (χ1v) is 17.6.